The number of rotatable bonds is 13. The zero-order valence-electron chi connectivity index (χ0n) is 27.9. The zero-order chi connectivity index (χ0) is 32.7. The summed E-state index contributed by atoms with van der Waals surface area (Å²) in [5, 5.41) is 8.35. The normalized spacial score (nSPS) is 13.8. The predicted octanol–water partition coefficient (Wildman–Crippen LogP) is 7.66. The van der Waals surface area contributed by atoms with E-state index in [1.54, 1.807) is 4.68 Å². The SMILES string of the molecule is CCCCOc1ccc(-c2nn(-c3ccccc3)cc2C2C(C(=O)OCC(C)C)=C(C)NC(C)=C2C(=O)OCC(C)C)c(C)c1. The second-order valence-electron chi connectivity index (χ2n) is 12.5. The fraction of sp³-hybridized carbons (Fsp3) is 0.432. The molecule has 2 heterocycles. The number of dihydropyridines is 1. The number of esters is 2. The fourth-order valence-corrected chi connectivity index (χ4v) is 5.33. The first kappa shape index (κ1) is 33.6. The van der Waals surface area contributed by atoms with Gasteiger partial charge in [-0.15, -0.1) is 0 Å². The van der Waals surface area contributed by atoms with Crippen molar-refractivity contribution >= 4 is 11.9 Å². The Balaban J connectivity index is 1.94. The Hall–Kier alpha value is -4.33. The third-order valence-corrected chi connectivity index (χ3v) is 7.59. The summed E-state index contributed by atoms with van der Waals surface area (Å²) in [6.07, 6.45) is 3.94. The summed E-state index contributed by atoms with van der Waals surface area (Å²) in [6.45, 7) is 17.0. The Morgan fingerprint density at radius 3 is 2.02 bits per heavy atom. The molecule has 0 atom stereocenters. The van der Waals surface area contributed by atoms with Gasteiger partial charge in [-0.05, 0) is 74.9 Å². The molecule has 1 aromatic heterocycles. The molecule has 0 unspecified atom stereocenters. The number of unbranched alkanes of at least 4 members (excludes halogenated alkanes) is 1. The molecule has 1 aliphatic rings. The molecule has 0 spiro atoms. The lowest BCUT2D eigenvalue weighted by molar-refractivity contribution is -0.141. The number of hydrogen-bond donors (Lipinski definition) is 1. The number of allylic oxidation sites excluding steroid dienone is 2. The fourth-order valence-electron chi connectivity index (χ4n) is 5.33. The Labute approximate surface area is 267 Å². The van der Waals surface area contributed by atoms with Crippen LogP contribution in [-0.2, 0) is 19.1 Å². The van der Waals surface area contributed by atoms with Crippen LogP contribution in [0.2, 0.25) is 0 Å². The number of nitrogens with one attached hydrogen (secondary N) is 1. The topological polar surface area (TPSA) is 91.7 Å². The van der Waals surface area contributed by atoms with E-state index in [0.29, 0.717) is 40.4 Å². The van der Waals surface area contributed by atoms with Crippen molar-refractivity contribution in [1.29, 1.82) is 0 Å². The van der Waals surface area contributed by atoms with Gasteiger partial charge in [-0.1, -0.05) is 59.2 Å². The Bertz CT molecular complexity index is 1520. The van der Waals surface area contributed by atoms with Crippen LogP contribution in [0.4, 0.5) is 0 Å². The van der Waals surface area contributed by atoms with Crippen LogP contribution >= 0.6 is 0 Å². The average molecular weight is 614 g/mol. The molecule has 0 saturated carbocycles. The summed E-state index contributed by atoms with van der Waals surface area (Å²) in [5.74, 6) is -0.648. The quantitative estimate of drug-likeness (QED) is 0.156. The second kappa shape index (κ2) is 15.1. The molecule has 1 N–H and O–H groups in total. The van der Waals surface area contributed by atoms with Crippen molar-refractivity contribution in [2.45, 2.75) is 74.1 Å². The highest BCUT2D eigenvalue weighted by atomic mass is 16.5. The molecule has 8 nitrogen and oxygen atoms in total. The molecular weight excluding hydrogens is 566 g/mol. The molecule has 240 valence electrons. The van der Waals surface area contributed by atoms with Gasteiger partial charge in [-0.25, -0.2) is 14.3 Å². The third kappa shape index (κ3) is 8.04. The van der Waals surface area contributed by atoms with Crippen molar-refractivity contribution in [2.75, 3.05) is 19.8 Å². The lowest BCUT2D eigenvalue weighted by Gasteiger charge is -2.30. The van der Waals surface area contributed by atoms with Gasteiger partial charge in [0.25, 0.3) is 0 Å². The maximum Gasteiger partial charge on any atom is 0.336 e. The zero-order valence-corrected chi connectivity index (χ0v) is 27.9. The van der Waals surface area contributed by atoms with E-state index in [1.807, 2.05) is 103 Å². The number of aromatic nitrogens is 2. The molecule has 45 heavy (non-hydrogen) atoms. The molecule has 4 rings (SSSR count). The van der Waals surface area contributed by atoms with Crippen molar-refractivity contribution in [3.63, 3.8) is 0 Å². The second-order valence-corrected chi connectivity index (χ2v) is 12.5. The Morgan fingerprint density at radius 1 is 0.889 bits per heavy atom. The van der Waals surface area contributed by atoms with Crippen LogP contribution in [0, 0.1) is 18.8 Å². The van der Waals surface area contributed by atoms with Gasteiger partial charge in [-0.2, -0.15) is 5.10 Å². The monoisotopic (exact) mass is 613 g/mol. The molecule has 0 bridgehead atoms. The first-order valence-electron chi connectivity index (χ1n) is 15.9. The van der Waals surface area contributed by atoms with E-state index in [9.17, 15) is 9.59 Å². The molecule has 0 saturated heterocycles. The van der Waals surface area contributed by atoms with E-state index in [1.165, 1.54) is 0 Å². The molecule has 3 aromatic rings. The average Bonchev–Trinajstić information content (AvgIpc) is 3.44. The maximum atomic E-state index is 13.9. The van der Waals surface area contributed by atoms with Crippen LogP contribution in [-0.4, -0.2) is 41.5 Å². The standard InChI is InChI=1S/C37H47N3O5/c1-9-10-18-43-29-16-17-30(25(6)19-29)35-31(20-40(39-35)28-14-12-11-13-15-28)34-32(36(41)44-21-23(2)3)26(7)38-27(8)33(34)37(42)45-22-24(4)5/h11-17,19-20,23-24,34,38H,9-10,18,21-22H2,1-8H3. The number of carbonyl (C=O) groups is 2. The van der Waals surface area contributed by atoms with Crippen molar-refractivity contribution in [3.05, 3.63) is 88.4 Å². The highest BCUT2D eigenvalue weighted by Crippen LogP contribution is 2.44. The molecule has 0 fully saturated rings. The van der Waals surface area contributed by atoms with Crippen molar-refractivity contribution in [3.8, 4) is 22.7 Å². The predicted molar refractivity (Wildman–Crippen MR) is 177 cm³/mol. The number of aryl methyl sites for hydroxylation is 1. The molecule has 1 aliphatic heterocycles. The van der Waals surface area contributed by atoms with Gasteiger partial charge < -0.3 is 19.5 Å². The molecule has 0 amide bonds. The molecule has 2 aromatic carbocycles. The van der Waals surface area contributed by atoms with Crippen LogP contribution in [0.3, 0.4) is 0 Å². The highest BCUT2D eigenvalue weighted by Gasteiger charge is 2.40. The summed E-state index contributed by atoms with van der Waals surface area (Å²) in [7, 11) is 0. The van der Waals surface area contributed by atoms with Gasteiger partial charge in [0.05, 0.1) is 48.3 Å². The highest BCUT2D eigenvalue weighted by molar-refractivity contribution is 6.00. The van der Waals surface area contributed by atoms with E-state index in [-0.39, 0.29) is 25.0 Å². The van der Waals surface area contributed by atoms with Crippen LogP contribution < -0.4 is 10.1 Å². The van der Waals surface area contributed by atoms with Gasteiger partial charge in [0, 0.05) is 28.7 Å². The minimum Gasteiger partial charge on any atom is -0.494 e. The van der Waals surface area contributed by atoms with Gasteiger partial charge >= 0.3 is 11.9 Å². The van der Waals surface area contributed by atoms with Gasteiger partial charge in [0.1, 0.15) is 5.75 Å². The summed E-state index contributed by atoms with van der Waals surface area (Å²) in [5.41, 5.74) is 6.04. The Morgan fingerprint density at radius 2 is 1.49 bits per heavy atom. The molecule has 8 heteroatoms. The lowest BCUT2D eigenvalue weighted by Crippen LogP contribution is -2.33. The summed E-state index contributed by atoms with van der Waals surface area (Å²) < 4.78 is 19.4. The summed E-state index contributed by atoms with van der Waals surface area (Å²) in [6, 6.07) is 15.8. The van der Waals surface area contributed by atoms with Gasteiger partial charge in [0.2, 0.25) is 0 Å². The van der Waals surface area contributed by atoms with Gasteiger partial charge in [0.15, 0.2) is 0 Å². The van der Waals surface area contributed by atoms with Crippen LogP contribution in [0.5, 0.6) is 5.75 Å². The smallest absolute Gasteiger partial charge is 0.336 e. The van der Waals surface area contributed by atoms with E-state index in [4.69, 9.17) is 19.3 Å². The Kier molecular flexibility index (Phi) is 11.3. The molecule has 0 radical (unpaired) electrons. The number of para-hydroxylation sites is 1. The minimum atomic E-state index is -0.780. The van der Waals surface area contributed by atoms with Crippen LogP contribution in [0.1, 0.15) is 78.4 Å². The van der Waals surface area contributed by atoms with Crippen molar-refractivity contribution in [1.82, 2.24) is 15.1 Å². The molecular formula is C37H47N3O5. The minimum absolute atomic E-state index is 0.148. The van der Waals surface area contributed by atoms with Crippen molar-refractivity contribution in [2.24, 2.45) is 11.8 Å². The number of carbonyl (C=O) groups excluding carboxylic acids is 2. The number of hydrogen-bond acceptors (Lipinski definition) is 7. The first-order chi connectivity index (χ1) is 21.5. The third-order valence-electron chi connectivity index (χ3n) is 7.59. The summed E-state index contributed by atoms with van der Waals surface area (Å²) in [4.78, 5) is 27.7. The largest absolute Gasteiger partial charge is 0.494 e. The number of benzene rings is 2. The summed E-state index contributed by atoms with van der Waals surface area (Å²) >= 11 is 0. The molecule has 0 aliphatic carbocycles. The number of ether oxygens (including phenoxy) is 3. The van der Waals surface area contributed by atoms with E-state index >= 15 is 0 Å². The van der Waals surface area contributed by atoms with Gasteiger partial charge in [-0.3, -0.25) is 0 Å². The van der Waals surface area contributed by atoms with E-state index < -0.39 is 17.9 Å². The lowest BCUT2D eigenvalue weighted by atomic mass is 9.79. The number of nitrogens with zero attached hydrogens (tertiary/aromatic N) is 2. The van der Waals surface area contributed by atoms with Crippen LogP contribution in [0.25, 0.3) is 16.9 Å². The maximum absolute atomic E-state index is 13.9. The van der Waals surface area contributed by atoms with Crippen molar-refractivity contribution < 1.29 is 23.8 Å². The van der Waals surface area contributed by atoms with Crippen LogP contribution in [0.15, 0.2) is 77.3 Å². The van der Waals surface area contributed by atoms with E-state index in [2.05, 4.69) is 12.2 Å². The van der Waals surface area contributed by atoms with E-state index in [0.717, 1.165) is 35.4 Å². The first-order valence-corrected chi connectivity index (χ1v) is 15.9.